The lowest BCUT2D eigenvalue weighted by Gasteiger charge is -2.27. The molecule has 1 atom stereocenters. The van der Waals surface area contributed by atoms with Gasteiger partial charge in [-0.3, -0.25) is 0 Å². The molecule has 0 aliphatic heterocycles. The van der Waals surface area contributed by atoms with Crippen LogP contribution in [0.5, 0.6) is 0 Å². The van der Waals surface area contributed by atoms with Crippen LogP contribution >= 0.6 is 0 Å². The van der Waals surface area contributed by atoms with Crippen molar-refractivity contribution in [3.8, 4) is 0 Å². The minimum Gasteiger partial charge on any atom is -0.399 e. The Labute approximate surface area is 68.0 Å². The van der Waals surface area contributed by atoms with Crippen LogP contribution in [-0.4, -0.2) is 0 Å². The Balaban J connectivity index is 2.17. The van der Waals surface area contributed by atoms with Gasteiger partial charge in [0, 0.05) is 5.70 Å². The molecule has 2 aliphatic carbocycles. The van der Waals surface area contributed by atoms with Gasteiger partial charge >= 0.3 is 0 Å². The standard InChI is InChI=1S/C10H15N/c11-10-6-5-8-3-1-2-4-9(8)7-10/h6-8H,1-5,11H2. The van der Waals surface area contributed by atoms with E-state index >= 15 is 0 Å². The van der Waals surface area contributed by atoms with Crippen molar-refractivity contribution in [3.05, 3.63) is 23.4 Å². The molecule has 0 aromatic heterocycles. The van der Waals surface area contributed by atoms with Crippen molar-refractivity contribution in [3.63, 3.8) is 0 Å². The van der Waals surface area contributed by atoms with Gasteiger partial charge in [-0.15, -0.1) is 0 Å². The normalized spacial score (nSPS) is 30.4. The Kier molecular flexibility index (Phi) is 1.72. The van der Waals surface area contributed by atoms with E-state index < -0.39 is 0 Å². The molecule has 2 aliphatic rings. The predicted octanol–water partition coefficient (Wildman–Crippen LogP) is 2.35. The zero-order valence-corrected chi connectivity index (χ0v) is 6.84. The highest BCUT2D eigenvalue weighted by molar-refractivity contribution is 5.28. The monoisotopic (exact) mass is 149 g/mol. The molecule has 0 aromatic rings. The SMILES string of the molecule is NC1=CCC2CCCCC2=C1. The van der Waals surface area contributed by atoms with E-state index in [-0.39, 0.29) is 0 Å². The van der Waals surface area contributed by atoms with Crippen LogP contribution in [0.4, 0.5) is 0 Å². The molecule has 1 heteroatoms. The average Bonchev–Trinajstić information content (AvgIpc) is 2.04. The molecule has 1 saturated carbocycles. The molecular formula is C10H15N. The fraction of sp³-hybridized carbons (Fsp3) is 0.600. The second-order valence-electron chi connectivity index (χ2n) is 3.60. The maximum Gasteiger partial charge on any atom is 0.0273 e. The van der Waals surface area contributed by atoms with Gasteiger partial charge in [0.25, 0.3) is 0 Å². The van der Waals surface area contributed by atoms with Gasteiger partial charge in [-0.05, 0) is 37.7 Å². The molecule has 0 radical (unpaired) electrons. The maximum absolute atomic E-state index is 5.73. The van der Waals surface area contributed by atoms with Crippen LogP contribution in [0.2, 0.25) is 0 Å². The maximum atomic E-state index is 5.73. The van der Waals surface area contributed by atoms with Crippen molar-refractivity contribution in [1.82, 2.24) is 0 Å². The third-order valence-electron chi connectivity index (χ3n) is 2.78. The van der Waals surface area contributed by atoms with Crippen molar-refractivity contribution in [2.75, 3.05) is 0 Å². The van der Waals surface area contributed by atoms with Crippen LogP contribution in [0.1, 0.15) is 32.1 Å². The van der Waals surface area contributed by atoms with Crippen molar-refractivity contribution in [1.29, 1.82) is 0 Å². The van der Waals surface area contributed by atoms with Gasteiger partial charge in [0.1, 0.15) is 0 Å². The molecular weight excluding hydrogens is 134 g/mol. The highest BCUT2D eigenvalue weighted by atomic mass is 14.6. The van der Waals surface area contributed by atoms with Crippen molar-refractivity contribution < 1.29 is 0 Å². The molecule has 1 fully saturated rings. The van der Waals surface area contributed by atoms with Gasteiger partial charge in [0.15, 0.2) is 0 Å². The smallest absolute Gasteiger partial charge is 0.0273 e. The predicted molar refractivity (Wildman–Crippen MR) is 46.9 cm³/mol. The molecule has 11 heavy (non-hydrogen) atoms. The first-order valence-corrected chi connectivity index (χ1v) is 4.52. The van der Waals surface area contributed by atoms with Crippen LogP contribution in [0.15, 0.2) is 23.4 Å². The van der Waals surface area contributed by atoms with E-state index in [1.165, 1.54) is 32.1 Å². The second kappa shape index (κ2) is 2.72. The molecule has 1 unspecified atom stereocenters. The third-order valence-corrected chi connectivity index (χ3v) is 2.78. The summed E-state index contributed by atoms with van der Waals surface area (Å²) in [5.41, 5.74) is 8.32. The zero-order chi connectivity index (χ0) is 7.68. The Morgan fingerprint density at radius 1 is 1.36 bits per heavy atom. The fourth-order valence-corrected chi connectivity index (χ4v) is 2.12. The van der Waals surface area contributed by atoms with Crippen molar-refractivity contribution >= 4 is 0 Å². The topological polar surface area (TPSA) is 26.0 Å². The lowest BCUT2D eigenvalue weighted by molar-refractivity contribution is 0.451. The quantitative estimate of drug-likeness (QED) is 0.562. The van der Waals surface area contributed by atoms with Crippen LogP contribution < -0.4 is 5.73 Å². The van der Waals surface area contributed by atoms with Crippen LogP contribution in [0.3, 0.4) is 0 Å². The van der Waals surface area contributed by atoms with Gasteiger partial charge in [0.2, 0.25) is 0 Å². The number of allylic oxidation sites excluding steroid dienone is 3. The minimum atomic E-state index is 0.844. The Bertz CT molecular complexity index is 213. The van der Waals surface area contributed by atoms with E-state index in [9.17, 15) is 0 Å². The first kappa shape index (κ1) is 6.96. The van der Waals surface area contributed by atoms with Crippen molar-refractivity contribution in [2.45, 2.75) is 32.1 Å². The summed E-state index contributed by atoms with van der Waals surface area (Å²) in [6.07, 6.45) is 11.0. The van der Waals surface area contributed by atoms with Crippen molar-refractivity contribution in [2.24, 2.45) is 11.7 Å². The summed E-state index contributed by atoms with van der Waals surface area (Å²) >= 11 is 0. The molecule has 2 rings (SSSR count). The van der Waals surface area contributed by atoms with Crippen LogP contribution in [0.25, 0.3) is 0 Å². The number of hydrogen-bond donors (Lipinski definition) is 1. The van der Waals surface area contributed by atoms with E-state index in [2.05, 4.69) is 12.2 Å². The summed E-state index contributed by atoms with van der Waals surface area (Å²) < 4.78 is 0. The lowest BCUT2D eigenvalue weighted by atomic mass is 9.79. The first-order chi connectivity index (χ1) is 5.36. The molecule has 0 aromatic carbocycles. The summed E-state index contributed by atoms with van der Waals surface area (Å²) in [6.45, 7) is 0. The third kappa shape index (κ3) is 1.32. The fourth-order valence-electron chi connectivity index (χ4n) is 2.12. The van der Waals surface area contributed by atoms with Crippen LogP contribution in [0, 0.1) is 5.92 Å². The highest BCUT2D eigenvalue weighted by Crippen LogP contribution is 2.34. The Morgan fingerprint density at radius 2 is 2.27 bits per heavy atom. The molecule has 0 spiro atoms. The van der Waals surface area contributed by atoms with E-state index in [0.717, 1.165) is 11.6 Å². The zero-order valence-electron chi connectivity index (χ0n) is 6.84. The molecule has 0 amide bonds. The van der Waals surface area contributed by atoms with Gasteiger partial charge < -0.3 is 5.73 Å². The highest BCUT2D eigenvalue weighted by Gasteiger charge is 2.19. The molecule has 60 valence electrons. The van der Waals surface area contributed by atoms with E-state index in [0.29, 0.717) is 0 Å². The van der Waals surface area contributed by atoms with E-state index in [4.69, 9.17) is 5.73 Å². The van der Waals surface area contributed by atoms with Gasteiger partial charge in [-0.25, -0.2) is 0 Å². The number of nitrogens with two attached hydrogens (primary N) is 1. The summed E-state index contributed by atoms with van der Waals surface area (Å²) in [4.78, 5) is 0. The summed E-state index contributed by atoms with van der Waals surface area (Å²) in [6, 6.07) is 0. The number of fused-ring (bicyclic) bond motifs is 1. The summed E-state index contributed by atoms with van der Waals surface area (Å²) in [7, 11) is 0. The summed E-state index contributed by atoms with van der Waals surface area (Å²) in [5, 5.41) is 0. The lowest BCUT2D eigenvalue weighted by Crippen LogP contribution is -2.14. The Hall–Kier alpha value is -0.720. The molecule has 2 N–H and O–H groups in total. The summed E-state index contributed by atoms with van der Waals surface area (Å²) in [5.74, 6) is 0.844. The molecule has 0 heterocycles. The van der Waals surface area contributed by atoms with E-state index in [1.807, 2.05) is 0 Å². The number of hydrogen-bond acceptors (Lipinski definition) is 1. The first-order valence-electron chi connectivity index (χ1n) is 4.52. The molecule has 1 nitrogen and oxygen atoms in total. The van der Waals surface area contributed by atoms with Crippen LogP contribution in [-0.2, 0) is 0 Å². The van der Waals surface area contributed by atoms with Gasteiger partial charge in [-0.2, -0.15) is 0 Å². The van der Waals surface area contributed by atoms with E-state index in [1.54, 1.807) is 5.57 Å². The van der Waals surface area contributed by atoms with Gasteiger partial charge in [-0.1, -0.05) is 18.1 Å². The Morgan fingerprint density at radius 3 is 3.18 bits per heavy atom. The largest absolute Gasteiger partial charge is 0.399 e. The molecule has 0 saturated heterocycles. The molecule has 0 bridgehead atoms. The average molecular weight is 149 g/mol. The van der Waals surface area contributed by atoms with Gasteiger partial charge in [0.05, 0.1) is 0 Å². The number of rotatable bonds is 0. The minimum absolute atomic E-state index is 0.844. The second-order valence-corrected chi connectivity index (χ2v) is 3.60.